The van der Waals surface area contributed by atoms with E-state index in [9.17, 15) is 4.21 Å². The molecule has 0 aliphatic carbocycles. The highest BCUT2D eigenvalue weighted by molar-refractivity contribution is 7.87. The number of rotatable bonds is 3. The molecule has 0 bridgehead atoms. The predicted octanol–water partition coefficient (Wildman–Crippen LogP) is 1.45. The Morgan fingerprint density at radius 2 is 2.38 bits per heavy atom. The van der Waals surface area contributed by atoms with Crippen molar-refractivity contribution in [3.8, 4) is 0 Å². The molecule has 0 spiro atoms. The summed E-state index contributed by atoms with van der Waals surface area (Å²) in [4.78, 5) is 0. The maximum Gasteiger partial charge on any atom is 0.0453 e. The van der Waals surface area contributed by atoms with Gasteiger partial charge in [0.05, 0.1) is 0 Å². The molecule has 0 saturated heterocycles. The maximum absolute atomic E-state index is 10.5. The molecule has 0 aromatic heterocycles. The van der Waals surface area contributed by atoms with Gasteiger partial charge in [-0.1, -0.05) is 25.7 Å². The zero-order chi connectivity index (χ0) is 6.41. The third kappa shape index (κ3) is 3.81. The van der Waals surface area contributed by atoms with Crippen molar-refractivity contribution >= 4 is 10.8 Å². The van der Waals surface area contributed by atoms with Crippen LogP contribution in [0.3, 0.4) is 0 Å². The molecule has 1 unspecified atom stereocenters. The van der Waals surface area contributed by atoms with Crippen molar-refractivity contribution in [2.45, 2.75) is 6.92 Å². The Morgan fingerprint density at radius 1 is 1.75 bits per heavy atom. The van der Waals surface area contributed by atoms with Crippen molar-refractivity contribution in [1.29, 1.82) is 0 Å². The first-order chi connectivity index (χ1) is 3.81. The lowest BCUT2D eigenvalue weighted by molar-refractivity contribution is 0.689. The SMILES string of the molecule is C=CC=CS(=O)CC. The summed E-state index contributed by atoms with van der Waals surface area (Å²) in [5.74, 6) is 0.685. The normalized spacial score (nSPS) is 14.1. The van der Waals surface area contributed by atoms with E-state index in [1.54, 1.807) is 17.6 Å². The van der Waals surface area contributed by atoms with Gasteiger partial charge < -0.3 is 0 Å². The largest absolute Gasteiger partial charge is 0.255 e. The van der Waals surface area contributed by atoms with Gasteiger partial charge in [0, 0.05) is 22.0 Å². The first-order valence-electron chi connectivity index (χ1n) is 2.47. The van der Waals surface area contributed by atoms with Crippen LogP contribution in [-0.2, 0) is 10.8 Å². The van der Waals surface area contributed by atoms with Crippen LogP contribution >= 0.6 is 0 Å². The molecule has 0 rings (SSSR count). The van der Waals surface area contributed by atoms with Crippen LogP contribution in [0.15, 0.2) is 24.1 Å². The Labute approximate surface area is 52.6 Å². The molecule has 2 heteroatoms. The second-order valence-corrected chi connectivity index (χ2v) is 2.84. The fraction of sp³-hybridized carbons (Fsp3) is 0.333. The molecule has 1 nitrogen and oxygen atoms in total. The zero-order valence-corrected chi connectivity index (χ0v) is 5.78. The lowest BCUT2D eigenvalue weighted by Gasteiger charge is -1.81. The van der Waals surface area contributed by atoms with Crippen molar-refractivity contribution in [3.63, 3.8) is 0 Å². The molecule has 0 heterocycles. The number of hydrogen-bond donors (Lipinski definition) is 0. The lowest BCUT2D eigenvalue weighted by Crippen LogP contribution is -1.83. The molecule has 0 saturated carbocycles. The summed E-state index contributed by atoms with van der Waals surface area (Å²) in [6.07, 6.45) is 3.31. The molecular weight excluding hydrogens is 120 g/mol. The van der Waals surface area contributed by atoms with Gasteiger partial charge >= 0.3 is 0 Å². The molecule has 0 aromatic carbocycles. The summed E-state index contributed by atoms with van der Waals surface area (Å²) in [7, 11) is -0.779. The minimum absolute atomic E-state index is 0.685. The maximum atomic E-state index is 10.5. The summed E-state index contributed by atoms with van der Waals surface area (Å²) < 4.78 is 10.5. The van der Waals surface area contributed by atoms with E-state index in [-0.39, 0.29) is 0 Å². The molecule has 0 amide bonds. The van der Waals surface area contributed by atoms with E-state index in [1.807, 2.05) is 6.92 Å². The fourth-order valence-electron chi connectivity index (χ4n) is 0.239. The highest BCUT2D eigenvalue weighted by Crippen LogP contribution is 1.82. The van der Waals surface area contributed by atoms with E-state index in [4.69, 9.17) is 0 Å². The van der Waals surface area contributed by atoms with Crippen LogP contribution in [0, 0.1) is 0 Å². The summed E-state index contributed by atoms with van der Waals surface area (Å²) >= 11 is 0. The molecule has 0 aliphatic rings. The standard InChI is InChI=1S/C6H10OS/c1-3-5-6-8(7)4-2/h3,5-6H,1,4H2,2H3. The van der Waals surface area contributed by atoms with Gasteiger partial charge in [0.2, 0.25) is 0 Å². The van der Waals surface area contributed by atoms with Gasteiger partial charge in [-0.25, -0.2) is 0 Å². The molecule has 0 radical (unpaired) electrons. The van der Waals surface area contributed by atoms with Crippen LogP contribution in [0.4, 0.5) is 0 Å². The number of allylic oxidation sites excluding steroid dienone is 2. The van der Waals surface area contributed by atoms with Crippen LogP contribution in [0.2, 0.25) is 0 Å². The summed E-state index contributed by atoms with van der Waals surface area (Å²) in [5, 5.41) is 1.63. The van der Waals surface area contributed by atoms with Gasteiger partial charge in [-0.15, -0.1) is 0 Å². The summed E-state index contributed by atoms with van der Waals surface area (Å²) in [6, 6.07) is 0. The van der Waals surface area contributed by atoms with E-state index in [0.717, 1.165) is 0 Å². The first kappa shape index (κ1) is 7.63. The molecular formula is C6H10OS. The molecule has 46 valence electrons. The van der Waals surface area contributed by atoms with Crippen LogP contribution in [-0.4, -0.2) is 9.96 Å². The van der Waals surface area contributed by atoms with Crippen LogP contribution in [0.25, 0.3) is 0 Å². The van der Waals surface area contributed by atoms with Gasteiger partial charge in [0.25, 0.3) is 0 Å². The van der Waals surface area contributed by atoms with Crippen molar-refractivity contribution < 1.29 is 4.21 Å². The highest BCUT2D eigenvalue weighted by Gasteiger charge is 1.81. The van der Waals surface area contributed by atoms with E-state index in [2.05, 4.69) is 6.58 Å². The second-order valence-electron chi connectivity index (χ2n) is 1.23. The third-order valence-corrected chi connectivity index (χ3v) is 1.68. The zero-order valence-electron chi connectivity index (χ0n) is 4.96. The van der Waals surface area contributed by atoms with Crippen molar-refractivity contribution in [1.82, 2.24) is 0 Å². The lowest BCUT2D eigenvalue weighted by atomic mass is 10.6. The first-order valence-corrected chi connectivity index (χ1v) is 3.86. The summed E-state index contributed by atoms with van der Waals surface area (Å²) in [5.41, 5.74) is 0. The van der Waals surface area contributed by atoms with Gasteiger partial charge in [0.15, 0.2) is 0 Å². The quantitative estimate of drug-likeness (QED) is 0.528. The second kappa shape index (κ2) is 4.78. The smallest absolute Gasteiger partial charge is 0.0453 e. The van der Waals surface area contributed by atoms with Crippen molar-refractivity contribution in [2.24, 2.45) is 0 Å². The Bertz CT molecular complexity index is 116. The van der Waals surface area contributed by atoms with Crippen LogP contribution in [0.5, 0.6) is 0 Å². The monoisotopic (exact) mass is 130 g/mol. The summed E-state index contributed by atoms with van der Waals surface area (Å²) in [6.45, 7) is 5.32. The van der Waals surface area contributed by atoms with Crippen molar-refractivity contribution in [2.75, 3.05) is 5.75 Å². The van der Waals surface area contributed by atoms with E-state index < -0.39 is 10.8 Å². The molecule has 1 atom stereocenters. The van der Waals surface area contributed by atoms with Crippen LogP contribution < -0.4 is 0 Å². The van der Waals surface area contributed by atoms with Gasteiger partial charge in [0.1, 0.15) is 0 Å². The Hall–Kier alpha value is -0.370. The van der Waals surface area contributed by atoms with Gasteiger partial charge in [-0.3, -0.25) is 4.21 Å². The Kier molecular flexibility index (Phi) is 4.56. The van der Waals surface area contributed by atoms with Crippen molar-refractivity contribution in [3.05, 3.63) is 24.1 Å². The predicted molar refractivity (Wildman–Crippen MR) is 38.0 cm³/mol. The molecule has 0 fully saturated rings. The Balaban J connectivity index is 3.52. The molecule has 8 heavy (non-hydrogen) atoms. The third-order valence-electron chi connectivity index (χ3n) is 0.651. The van der Waals surface area contributed by atoms with Crippen LogP contribution in [0.1, 0.15) is 6.92 Å². The van der Waals surface area contributed by atoms with E-state index in [1.165, 1.54) is 0 Å². The minimum Gasteiger partial charge on any atom is -0.255 e. The average Bonchev–Trinajstić information content (AvgIpc) is 1.83. The number of hydrogen-bond acceptors (Lipinski definition) is 1. The topological polar surface area (TPSA) is 17.1 Å². The van der Waals surface area contributed by atoms with E-state index in [0.29, 0.717) is 5.75 Å². The van der Waals surface area contributed by atoms with Gasteiger partial charge in [-0.2, -0.15) is 0 Å². The molecule has 0 N–H and O–H groups in total. The van der Waals surface area contributed by atoms with E-state index >= 15 is 0 Å². The Morgan fingerprint density at radius 3 is 2.75 bits per heavy atom. The molecule has 0 aliphatic heterocycles. The minimum atomic E-state index is -0.779. The molecule has 0 aromatic rings. The van der Waals surface area contributed by atoms with Gasteiger partial charge in [-0.05, 0) is 0 Å². The highest BCUT2D eigenvalue weighted by atomic mass is 32.2. The fourth-order valence-corrected chi connectivity index (χ4v) is 0.718. The average molecular weight is 130 g/mol.